The van der Waals surface area contributed by atoms with E-state index in [9.17, 15) is 4.79 Å². The highest BCUT2D eigenvalue weighted by Crippen LogP contribution is 2.38. The van der Waals surface area contributed by atoms with Gasteiger partial charge in [0.05, 0.1) is 11.2 Å². The molecule has 3 heterocycles. The van der Waals surface area contributed by atoms with E-state index in [4.69, 9.17) is 4.74 Å². The molecule has 1 amide bonds. The average Bonchev–Trinajstić information content (AvgIpc) is 2.53. The second-order valence-corrected chi connectivity index (χ2v) is 7.06. The average molecular weight is 329 g/mol. The van der Waals surface area contributed by atoms with Crippen molar-refractivity contribution in [1.29, 1.82) is 0 Å². The lowest BCUT2D eigenvalue weighted by Crippen LogP contribution is -2.67. The first-order valence-electron chi connectivity index (χ1n) is 8.41. The van der Waals surface area contributed by atoms with Gasteiger partial charge in [0, 0.05) is 18.8 Å². The number of carbonyl (C=O) groups excluding carboxylic acids is 1. The molecule has 1 aromatic carbocycles. The number of carbonyl (C=O) groups is 1. The number of nitrogens with zero attached hydrogens (tertiary/aromatic N) is 2. The maximum Gasteiger partial charge on any atom is 0.262 e. The summed E-state index contributed by atoms with van der Waals surface area (Å²) in [4.78, 5) is 14.0. The summed E-state index contributed by atoms with van der Waals surface area (Å²) in [5, 5.41) is 11.2. The fourth-order valence-corrected chi connectivity index (χ4v) is 3.43. The third-order valence-corrected chi connectivity index (χ3v) is 5.29. The largest absolute Gasteiger partial charge is 0.483 e. The van der Waals surface area contributed by atoms with E-state index in [2.05, 4.69) is 41.1 Å². The molecule has 1 aromatic rings. The molecule has 7 nitrogen and oxygen atoms in total. The van der Waals surface area contributed by atoms with Crippen LogP contribution in [0.3, 0.4) is 0 Å². The SMILES string of the molecule is CC1C(=O)NN=C2COc3ccc(NC4(C(C)C)CNC4)cc3N21. The van der Waals surface area contributed by atoms with Crippen LogP contribution in [0.15, 0.2) is 23.3 Å². The molecule has 0 spiro atoms. The molecule has 1 saturated heterocycles. The first-order chi connectivity index (χ1) is 11.5. The predicted molar refractivity (Wildman–Crippen MR) is 93.5 cm³/mol. The topological polar surface area (TPSA) is 78.0 Å². The van der Waals surface area contributed by atoms with Crippen LogP contribution >= 0.6 is 0 Å². The van der Waals surface area contributed by atoms with Crippen molar-refractivity contribution in [3.05, 3.63) is 18.2 Å². The van der Waals surface area contributed by atoms with Gasteiger partial charge in [-0.1, -0.05) is 13.8 Å². The number of hydrogen-bond donors (Lipinski definition) is 3. The van der Waals surface area contributed by atoms with Gasteiger partial charge in [0.25, 0.3) is 5.91 Å². The molecule has 0 aliphatic carbocycles. The molecule has 3 N–H and O–H groups in total. The Labute approximate surface area is 141 Å². The Morgan fingerprint density at radius 1 is 1.42 bits per heavy atom. The molecule has 1 fully saturated rings. The summed E-state index contributed by atoms with van der Waals surface area (Å²) in [5.74, 6) is 1.93. The van der Waals surface area contributed by atoms with E-state index in [1.54, 1.807) is 0 Å². The van der Waals surface area contributed by atoms with E-state index in [0.29, 0.717) is 12.5 Å². The van der Waals surface area contributed by atoms with Crippen LogP contribution in [0.25, 0.3) is 0 Å². The highest BCUT2D eigenvalue weighted by Gasteiger charge is 2.40. The first-order valence-corrected chi connectivity index (χ1v) is 8.41. The van der Waals surface area contributed by atoms with Gasteiger partial charge in [-0.15, -0.1) is 0 Å². The number of rotatable bonds is 3. The number of anilines is 2. The zero-order valence-electron chi connectivity index (χ0n) is 14.2. The van der Waals surface area contributed by atoms with Crippen molar-refractivity contribution in [2.75, 3.05) is 29.9 Å². The summed E-state index contributed by atoms with van der Waals surface area (Å²) in [6.07, 6.45) is 0. The molecule has 7 heteroatoms. The zero-order chi connectivity index (χ0) is 16.9. The molecule has 128 valence electrons. The Balaban J connectivity index is 1.68. The minimum absolute atomic E-state index is 0.0750. The van der Waals surface area contributed by atoms with Gasteiger partial charge in [-0.2, -0.15) is 5.10 Å². The normalized spacial score (nSPS) is 24.2. The lowest BCUT2D eigenvalue weighted by atomic mass is 9.80. The molecule has 0 bridgehead atoms. The molecule has 0 aromatic heterocycles. The minimum Gasteiger partial charge on any atom is -0.483 e. The van der Waals surface area contributed by atoms with Crippen LogP contribution in [0.4, 0.5) is 11.4 Å². The molecule has 3 aliphatic heterocycles. The van der Waals surface area contributed by atoms with E-state index >= 15 is 0 Å². The van der Waals surface area contributed by atoms with Gasteiger partial charge < -0.3 is 20.3 Å². The van der Waals surface area contributed by atoms with Gasteiger partial charge in [-0.3, -0.25) is 4.79 Å². The van der Waals surface area contributed by atoms with Crippen LogP contribution in [0.5, 0.6) is 5.75 Å². The van der Waals surface area contributed by atoms with E-state index in [1.165, 1.54) is 0 Å². The van der Waals surface area contributed by atoms with Crippen molar-refractivity contribution < 1.29 is 9.53 Å². The lowest BCUT2D eigenvalue weighted by molar-refractivity contribution is -0.122. The van der Waals surface area contributed by atoms with E-state index < -0.39 is 0 Å². The maximum absolute atomic E-state index is 12.0. The number of fused-ring (bicyclic) bond motifs is 3. The Hall–Kier alpha value is -2.28. The first kappa shape index (κ1) is 15.3. The second kappa shape index (κ2) is 5.37. The third kappa shape index (κ3) is 2.23. The van der Waals surface area contributed by atoms with Crippen molar-refractivity contribution >= 4 is 23.1 Å². The Bertz CT molecular complexity index is 711. The van der Waals surface area contributed by atoms with Crippen molar-refractivity contribution in [2.24, 2.45) is 11.0 Å². The quantitative estimate of drug-likeness (QED) is 0.775. The zero-order valence-corrected chi connectivity index (χ0v) is 14.2. The predicted octanol–water partition coefficient (Wildman–Crippen LogP) is 1.13. The number of amides is 1. The molecular weight excluding hydrogens is 306 g/mol. The van der Waals surface area contributed by atoms with Crippen LogP contribution in [-0.4, -0.2) is 43.0 Å². The molecule has 24 heavy (non-hydrogen) atoms. The molecule has 3 aliphatic rings. The number of hydrazone groups is 1. The minimum atomic E-state index is -0.306. The summed E-state index contributed by atoms with van der Waals surface area (Å²) in [5.41, 5.74) is 4.55. The van der Waals surface area contributed by atoms with Crippen molar-refractivity contribution in [3.63, 3.8) is 0 Å². The summed E-state index contributed by atoms with van der Waals surface area (Å²) in [6.45, 7) is 8.62. The Morgan fingerprint density at radius 2 is 2.21 bits per heavy atom. The summed E-state index contributed by atoms with van der Waals surface area (Å²) < 4.78 is 5.79. The van der Waals surface area contributed by atoms with Crippen LogP contribution < -0.4 is 25.7 Å². The molecular formula is C17H23N5O2. The smallest absolute Gasteiger partial charge is 0.262 e. The summed E-state index contributed by atoms with van der Waals surface area (Å²) >= 11 is 0. The Morgan fingerprint density at radius 3 is 2.88 bits per heavy atom. The van der Waals surface area contributed by atoms with Gasteiger partial charge in [0.1, 0.15) is 18.4 Å². The van der Waals surface area contributed by atoms with E-state index in [-0.39, 0.29) is 17.5 Å². The van der Waals surface area contributed by atoms with Crippen LogP contribution in [0.1, 0.15) is 20.8 Å². The molecule has 0 radical (unpaired) electrons. The van der Waals surface area contributed by atoms with Crippen LogP contribution in [0, 0.1) is 5.92 Å². The fourth-order valence-electron chi connectivity index (χ4n) is 3.43. The highest BCUT2D eigenvalue weighted by atomic mass is 16.5. The van der Waals surface area contributed by atoms with E-state index in [1.807, 2.05) is 24.0 Å². The standard InChI is InChI=1S/C17H23N5O2/c1-10(2)17(8-18-9-17)19-12-4-5-14-13(6-12)22-11(3)16(23)21-20-15(22)7-24-14/h4-6,10-11,18-19H,7-9H2,1-3H3,(H,21,23). The summed E-state index contributed by atoms with van der Waals surface area (Å²) in [7, 11) is 0. The number of hydrogen-bond acceptors (Lipinski definition) is 6. The highest BCUT2D eigenvalue weighted by molar-refractivity contribution is 6.09. The van der Waals surface area contributed by atoms with Crippen molar-refractivity contribution in [3.8, 4) is 5.75 Å². The van der Waals surface area contributed by atoms with Gasteiger partial charge in [-0.25, -0.2) is 5.43 Å². The van der Waals surface area contributed by atoms with Gasteiger partial charge >= 0.3 is 0 Å². The van der Waals surface area contributed by atoms with Gasteiger partial charge in [0.15, 0.2) is 5.84 Å². The van der Waals surface area contributed by atoms with Crippen LogP contribution in [0.2, 0.25) is 0 Å². The molecule has 1 unspecified atom stereocenters. The van der Waals surface area contributed by atoms with Crippen LogP contribution in [-0.2, 0) is 4.79 Å². The molecule has 4 rings (SSSR count). The fraction of sp³-hybridized carbons (Fsp3) is 0.529. The molecule has 1 atom stereocenters. The monoisotopic (exact) mass is 329 g/mol. The number of benzene rings is 1. The Kier molecular flexibility index (Phi) is 3.42. The number of nitrogens with one attached hydrogen (secondary N) is 3. The molecule has 0 saturated carbocycles. The maximum atomic E-state index is 12.0. The van der Waals surface area contributed by atoms with E-state index in [0.717, 1.165) is 36.0 Å². The summed E-state index contributed by atoms with van der Waals surface area (Å²) in [6, 6.07) is 5.76. The van der Waals surface area contributed by atoms with Crippen molar-refractivity contribution in [2.45, 2.75) is 32.4 Å². The van der Waals surface area contributed by atoms with Crippen molar-refractivity contribution in [1.82, 2.24) is 10.7 Å². The van der Waals surface area contributed by atoms with Gasteiger partial charge in [0.2, 0.25) is 0 Å². The van der Waals surface area contributed by atoms with Gasteiger partial charge in [-0.05, 0) is 31.0 Å². The number of amidine groups is 1. The number of ether oxygens (including phenoxy) is 1. The lowest BCUT2D eigenvalue weighted by Gasteiger charge is -2.47. The second-order valence-electron chi connectivity index (χ2n) is 7.06. The third-order valence-electron chi connectivity index (χ3n) is 5.29.